The number of hydrogen-bond acceptors (Lipinski definition) is 2. The number of pyridine rings is 1. The zero-order valence-electron chi connectivity index (χ0n) is 9.84. The molecule has 1 heterocycles. The zero-order chi connectivity index (χ0) is 11.7. The van der Waals surface area contributed by atoms with Gasteiger partial charge >= 0.3 is 0 Å². The van der Waals surface area contributed by atoms with Gasteiger partial charge < -0.3 is 5.11 Å². The lowest BCUT2D eigenvalue weighted by Crippen LogP contribution is -2.15. The van der Waals surface area contributed by atoms with E-state index in [0.29, 0.717) is 5.92 Å². The topological polar surface area (TPSA) is 33.1 Å². The van der Waals surface area contributed by atoms with Crippen molar-refractivity contribution in [1.82, 2.24) is 4.98 Å². The number of aliphatic hydroxyl groups excluding tert-OH is 1. The van der Waals surface area contributed by atoms with E-state index in [4.69, 9.17) is 0 Å². The van der Waals surface area contributed by atoms with Crippen LogP contribution in [0.2, 0.25) is 0 Å². The van der Waals surface area contributed by atoms with Gasteiger partial charge in [0.05, 0.1) is 11.8 Å². The van der Waals surface area contributed by atoms with Crippen LogP contribution in [-0.4, -0.2) is 10.1 Å². The molecule has 88 valence electrons. The van der Waals surface area contributed by atoms with Crippen molar-refractivity contribution in [2.24, 2.45) is 5.92 Å². The van der Waals surface area contributed by atoms with Crippen molar-refractivity contribution in [1.29, 1.82) is 0 Å². The quantitative estimate of drug-likeness (QED) is 0.871. The Labute approximate surface area is 101 Å². The molecule has 0 bridgehead atoms. The smallest absolute Gasteiger partial charge is 0.0968 e. The maximum Gasteiger partial charge on any atom is 0.0968 e. The molecule has 0 radical (unpaired) electrons. The predicted molar refractivity (Wildman–Crippen MR) is 68.7 cm³/mol. The Hall–Kier alpha value is -1.41. The summed E-state index contributed by atoms with van der Waals surface area (Å²) in [6.45, 7) is 0. The van der Waals surface area contributed by atoms with E-state index >= 15 is 0 Å². The van der Waals surface area contributed by atoms with Crippen LogP contribution in [0.25, 0.3) is 10.8 Å². The maximum atomic E-state index is 10.3. The molecular formula is C15H17NO. The minimum absolute atomic E-state index is 0.411. The van der Waals surface area contributed by atoms with Crippen LogP contribution < -0.4 is 0 Å². The van der Waals surface area contributed by atoms with E-state index in [1.165, 1.54) is 19.3 Å². The van der Waals surface area contributed by atoms with Crippen molar-refractivity contribution in [3.63, 3.8) is 0 Å². The second kappa shape index (κ2) is 4.46. The molecular weight excluding hydrogens is 210 g/mol. The van der Waals surface area contributed by atoms with Crippen molar-refractivity contribution in [2.45, 2.75) is 31.8 Å². The minimum Gasteiger partial charge on any atom is -0.387 e. The molecule has 2 aromatic rings. The Bertz CT molecular complexity index is 514. The summed E-state index contributed by atoms with van der Waals surface area (Å²) >= 11 is 0. The van der Waals surface area contributed by atoms with Crippen LogP contribution >= 0.6 is 0 Å². The molecule has 0 amide bonds. The van der Waals surface area contributed by atoms with Gasteiger partial charge in [-0.25, -0.2) is 0 Å². The fourth-order valence-corrected chi connectivity index (χ4v) is 2.56. The van der Waals surface area contributed by atoms with Crippen LogP contribution in [0.5, 0.6) is 0 Å². The van der Waals surface area contributed by atoms with Gasteiger partial charge in [0, 0.05) is 11.6 Å². The van der Waals surface area contributed by atoms with E-state index in [0.717, 1.165) is 22.9 Å². The summed E-state index contributed by atoms with van der Waals surface area (Å²) < 4.78 is 0. The van der Waals surface area contributed by atoms with Gasteiger partial charge in [0.25, 0.3) is 0 Å². The normalized spacial score (nSPS) is 17.9. The van der Waals surface area contributed by atoms with E-state index in [1.807, 2.05) is 24.3 Å². The molecule has 1 aromatic heterocycles. The fraction of sp³-hybridized carbons (Fsp3) is 0.400. The summed E-state index contributed by atoms with van der Waals surface area (Å²) in [6, 6.07) is 10.1. The van der Waals surface area contributed by atoms with Crippen LogP contribution in [0.15, 0.2) is 36.5 Å². The van der Waals surface area contributed by atoms with Crippen LogP contribution in [0.4, 0.5) is 0 Å². The number of rotatable bonds is 3. The van der Waals surface area contributed by atoms with Crippen molar-refractivity contribution < 1.29 is 5.11 Å². The number of benzene rings is 1. The number of nitrogens with zero attached hydrogens (tertiary/aromatic N) is 1. The molecule has 0 aliphatic heterocycles. The molecule has 1 fully saturated rings. The highest BCUT2D eigenvalue weighted by Crippen LogP contribution is 2.35. The Balaban J connectivity index is 1.92. The van der Waals surface area contributed by atoms with Crippen LogP contribution in [0.1, 0.15) is 37.5 Å². The number of hydrogen-bond donors (Lipinski definition) is 1. The first kappa shape index (κ1) is 10.7. The lowest BCUT2D eigenvalue weighted by atomic mass is 9.80. The molecule has 1 unspecified atom stereocenters. The molecule has 0 spiro atoms. The number of aromatic nitrogens is 1. The third-order valence-electron chi connectivity index (χ3n) is 3.80. The van der Waals surface area contributed by atoms with E-state index in [1.54, 1.807) is 6.20 Å². The van der Waals surface area contributed by atoms with Crippen LogP contribution in [0, 0.1) is 5.92 Å². The summed E-state index contributed by atoms with van der Waals surface area (Å²) in [4.78, 5) is 4.37. The highest BCUT2D eigenvalue weighted by Gasteiger charge is 2.23. The largest absolute Gasteiger partial charge is 0.387 e. The van der Waals surface area contributed by atoms with E-state index in [9.17, 15) is 5.11 Å². The van der Waals surface area contributed by atoms with Gasteiger partial charge in [-0.05, 0) is 23.8 Å². The summed E-state index contributed by atoms with van der Waals surface area (Å²) in [5, 5.41) is 12.5. The third-order valence-corrected chi connectivity index (χ3v) is 3.80. The van der Waals surface area contributed by atoms with Crippen molar-refractivity contribution in [3.8, 4) is 0 Å². The van der Waals surface area contributed by atoms with Crippen LogP contribution in [-0.2, 0) is 0 Å². The van der Waals surface area contributed by atoms with Crippen molar-refractivity contribution >= 4 is 10.8 Å². The summed E-state index contributed by atoms with van der Waals surface area (Å²) in [5.41, 5.74) is 0.843. The molecule has 1 aliphatic rings. The Morgan fingerprint density at radius 1 is 1.24 bits per heavy atom. The molecule has 3 rings (SSSR count). The maximum absolute atomic E-state index is 10.3. The predicted octanol–water partition coefficient (Wildman–Crippen LogP) is 3.46. The first-order valence-electron chi connectivity index (χ1n) is 6.36. The van der Waals surface area contributed by atoms with Gasteiger partial charge in [-0.2, -0.15) is 0 Å². The molecule has 0 saturated heterocycles. The lowest BCUT2D eigenvalue weighted by molar-refractivity contribution is 0.116. The van der Waals surface area contributed by atoms with Crippen molar-refractivity contribution in [2.75, 3.05) is 0 Å². The molecule has 1 aliphatic carbocycles. The van der Waals surface area contributed by atoms with Gasteiger partial charge in [-0.1, -0.05) is 43.5 Å². The van der Waals surface area contributed by atoms with Crippen molar-refractivity contribution in [3.05, 3.63) is 42.2 Å². The average molecular weight is 227 g/mol. The standard InChI is InChI=1S/C15H17NO/c17-14(10-11-4-3-5-11)15-13-7-2-1-6-12(13)8-9-16-15/h1-2,6-9,11,14,17H,3-5,10H2. The first-order valence-corrected chi connectivity index (χ1v) is 6.36. The Morgan fingerprint density at radius 2 is 2.06 bits per heavy atom. The second-order valence-corrected chi connectivity index (χ2v) is 4.97. The molecule has 1 N–H and O–H groups in total. The Morgan fingerprint density at radius 3 is 2.82 bits per heavy atom. The zero-order valence-corrected chi connectivity index (χ0v) is 9.84. The molecule has 17 heavy (non-hydrogen) atoms. The van der Waals surface area contributed by atoms with Crippen LogP contribution in [0.3, 0.4) is 0 Å². The van der Waals surface area contributed by atoms with E-state index in [2.05, 4.69) is 11.1 Å². The van der Waals surface area contributed by atoms with E-state index in [-0.39, 0.29) is 0 Å². The monoisotopic (exact) mass is 227 g/mol. The van der Waals surface area contributed by atoms with Gasteiger partial charge in [-0.15, -0.1) is 0 Å². The summed E-state index contributed by atoms with van der Waals surface area (Å²) in [5.74, 6) is 0.700. The summed E-state index contributed by atoms with van der Waals surface area (Å²) in [7, 11) is 0. The lowest BCUT2D eigenvalue weighted by Gasteiger charge is -2.27. The van der Waals surface area contributed by atoms with Gasteiger partial charge in [-0.3, -0.25) is 4.98 Å². The van der Waals surface area contributed by atoms with Gasteiger partial charge in [0.2, 0.25) is 0 Å². The number of aliphatic hydroxyl groups is 1. The molecule has 1 atom stereocenters. The average Bonchev–Trinajstić information content (AvgIpc) is 2.33. The molecule has 1 saturated carbocycles. The minimum atomic E-state index is -0.411. The first-order chi connectivity index (χ1) is 8.34. The Kier molecular flexibility index (Phi) is 2.81. The summed E-state index contributed by atoms with van der Waals surface area (Å²) in [6.07, 6.45) is 6.10. The third kappa shape index (κ3) is 2.05. The highest BCUT2D eigenvalue weighted by molar-refractivity contribution is 5.84. The molecule has 2 heteroatoms. The fourth-order valence-electron chi connectivity index (χ4n) is 2.56. The SMILES string of the molecule is OC(CC1CCC1)c1nccc2ccccc12. The van der Waals surface area contributed by atoms with Gasteiger partial charge in [0.15, 0.2) is 0 Å². The molecule has 1 aromatic carbocycles. The number of fused-ring (bicyclic) bond motifs is 1. The second-order valence-electron chi connectivity index (χ2n) is 4.97. The van der Waals surface area contributed by atoms with Gasteiger partial charge in [0.1, 0.15) is 0 Å². The van der Waals surface area contributed by atoms with E-state index < -0.39 is 6.10 Å². The highest BCUT2D eigenvalue weighted by atomic mass is 16.3. The molecule has 2 nitrogen and oxygen atoms in total.